The van der Waals surface area contributed by atoms with Gasteiger partial charge >= 0.3 is 0 Å². The van der Waals surface area contributed by atoms with Crippen LogP contribution in [0.25, 0.3) is 0 Å². The number of likely N-dealkylation sites (N-methyl/N-ethyl adjacent to an activating group) is 1. The van der Waals surface area contributed by atoms with Crippen molar-refractivity contribution in [2.24, 2.45) is 5.92 Å². The smallest absolute Gasteiger partial charge is 0.239 e. The van der Waals surface area contributed by atoms with Crippen LogP contribution in [-0.4, -0.2) is 61.5 Å². The van der Waals surface area contributed by atoms with E-state index in [1.807, 2.05) is 0 Å². The molecule has 4 nitrogen and oxygen atoms in total. The molecule has 2 saturated heterocycles. The van der Waals surface area contributed by atoms with Crippen molar-refractivity contribution in [2.45, 2.75) is 38.6 Å². The number of hydrogen-bond donors (Lipinski definition) is 1. The van der Waals surface area contributed by atoms with Gasteiger partial charge in [0.1, 0.15) is 0 Å². The molecule has 18 heavy (non-hydrogen) atoms. The third-order valence-corrected chi connectivity index (χ3v) is 4.42. The summed E-state index contributed by atoms with van der Waals surface area (Å²) in [4.78, 5) is 16.9. The lowest BCUT2D eigenvalue weighted by molar-refractivity contribution is -0.134. The van der Waals surface area contributed by atoms with Crippen molar-refractivity contribution >= 4 is 5.91 Å². The molecule has 1 amide bonds. The van der Waals surface area contributed by atoms with E-state index in [4.69, 9.17) is 0 Å². The van der Waals surface area contributed by atoms with Gasteiger partial charge in [-0.25, -0.2) is 0 Å². The van der Waals surface area contributed by atoms with E-state index < -0.39 is 0 Å². The standard InChI is InChI=1S/C14H27N3O/c1-3-12-5-6-15-13(11-12)14(18)17-8-4-7-16(2)9-10-17/h12-13,15H,3-11H2,1-2H3. The van der Waals surface area contributed by atoms with Gasteiger partial charge in [0.2, 0.25) is 5.91 Å². The van der Waals surface area contributed by atoms with Crippen molar-refractivity contribution < 1.29 is 4.79 Å². The molecule has 2 aliphatic heterocycles. The summed E-state index contributed by atoms with van der Waals surface area (Å²) in [5.74, 6) is 1.07. The number of amides is 1. The fourth-order valence-corrected chi connectivity index (χ4v) is 3.04. The van der Waals surface area contributed by atoms with Gasteiger partial charge in [0, 0.05) is 19.6 Å². The van der Waals surface area contributed by atoms with Crippen LogP contribution in [0.15, 0.2) is 0 Å². The number of rotatable bonds is 2. The van der Waals surface area contributed by atoms with Gasteiger partial charge in [0.15, 0.2) is 0 Å². The molecular weight excluding hydrogens is 226 g/mol. The minimum atomic E-state index is 0.0760. The highest BCUT2D eigenvalue weighted by Crippen LogP contribution is 2.20. The molecule has 2 fully saturated rings. The van der Waals surface area contributed by atoms with E-state index in [2.05, 4.69) is 29.1 Å². The Kier molecular flexibility index (Phi) is 5.01. The first-order chi connectivity index (χ1) is 8.70. The molecule has 2 heterocycles. The number of piperidine rings is 1. The molecule has 0 aromatic rings. The lowest BCUT2D eigenvalue weighted by atomic mass is 9.90. The minimum absolute atomic E-state index is 0.0760. The Morgan fingerprint density at radius 3 is 2.89 bits per heavy atom. The first kappa shape index (κ1) is 13.8. The Labute approximate surface area is 111 Å². The molecule has 0 saturated carbocycles. The van der Waals surface area contributed by atoms with Crippen molar-refractivity contribution in [3.8, 4) is 0 Å². The van der Waals surface area contributed by atoms with E-state index in [1.165, 1.54) is 12.8 Å². The van der Waals surface area contributed by atoms with Crippen molar-refractivity contribution in [1.29, 1.82) is 0 Å². The summed E-state index contributed by atoms with van der Waals surface area (Å²) in [6, 6.07) is 0.0760. The Hall–Kier alpha value is -0.610. The van der Waals surface area contributed by atoms with Gasteiger partial charge < -0.3 is 15.1 Å². The van der Waals surface area contributed by atoms with Gasteiger partial charge in [-0.1, -0.05) is 13.3 Å². The molecule has 0 aromatic heterocycles. The number of nitrogens with one attached hydrogen (secondary N) is 1. The van der Waals surface area contributed by atoms with E-state index in [0.29, 0.717) is 5.91 Å². The summed E-state index contributed by atoms with van der Waals surface area (Å²) in [5.41, 5.74) is 0. The Morgan fingerprint density at radius 2 is 2.11 bits per heavy atom. The van der Waals surface area contributed by atoms with Gasteiger partial charge in [-0.05, 0) is 45.3 Å². The molecule has 2 unspecified atom stereocenters. The van der Waals surface area contributed by atoms with Crippen molar-refractivity contribution in [2.75, 3.05) is 39.8 Å². The fraction of sp³-hybridized carbons (Fsp3) is 0.929. The average molecular weight is 253 g/mol. The second kappa shape index (κ2) is 6.53. The normalized spacial score (nSPS) is 31.1. The summed E-state index contributed by atoms with van der Waals surface area (Å²) in [5, 5.41) is 3.41. The highest BCUT2D eigenvalue weighted by atomic mass is 16.2. The topological polar surface area (TPSA) is 35.6 Å². The van der Waals surface area contributed by atoms with Crippen LogP contribution in [0.5, 0.6) is 0 Å². The molecule has 2 rings (SSSR count). The van der Waals surface area contributed by atoms with Crippen LogP contribution in [0.3, 0.4) is 0 Å². The van der Waals surface area contributed by atoms with Crippen molar-refractivity contribution in [3.05, 3.63) is 0 Å². The molecular formula is C14H27N3O. The van der Waals surface area contributed by atoms with Crippen molar-refractivity contribution in [3.63, 3.8) is 0 Å². The zero-order valence-electron chi connectivity index (χ0n) is 11.8. The fourth-order valence-electron chi connectivity index (χ4n) is 3.04. The maximum absolute atomic E-state index is 12.5. The zero-order chi connectivity index (χ0) is 13.0. The minimum Gasteiger partial charge on any atom is -0.340 e. The maximum atomic E-state index is 12.5. The molecule has 0 aromatic carbocycles. The van der Waals surface area contributed by atoms with Crippen LogP contribution in [0.4, 0.5) is 0 Å². The van der Waals surface area contributed by atoms with Crippen LogP contribution in [0.1, 0.15) is 32.6 Å². The highest BCUT2D eigenvalue weighted by molar-refractivity contribution is 5.82. The van der Waals surface area contributed by atoms with E-state index >= 15 is 0 Å². The lowest BCUT2D eigenvalue weighted by Crippen LogP contribution is -2.51. The molecule has 4 heteroatoms. The molecule has 0 aliphatic carbocycles. The van der Waals surface area contributed by atoms with Gasteiger partial charge in [0.05, 0.1) is 6.04 Å². The third kappa shape index (κ3) is 3.45. The van der Waals surface area contributed by atoms with Gasteiger partial charge in [-0.2, -0.15) is 0 Å². The predicted octanol–water partition coefficient (Wildman–Crippen LogP) is 0.929. The summed E-state index contributed by atoms with van der Waals surface area (Å²) in [7, 11) is 2.14. The third-order valence-electron chi connectivity index (χ3n) is 4.42. The Balaban J connectivity index is 1.89. The largest absolute Gasteiger partial charge is 0.340 e. The molecule has 0 spiro atoms. The van der Waals surface area contributed by atoms with E-state index in [9.17, 15) is 4.79 Å². The monoisotopic (exact) mass is 253 g/mol. The number of carbonyl (C=O) groups excluding carboxylic acids is 1. The van der Waals surface area contributed by atoms with Crippen LogP contribution in [0, 0.1) is 5.92 Å². The lowest BCUT2D eigenvalue weighted by Gasteiger charge is -2.32. The van der Waals surface area contributed by atoms with E-state index in [1.54, 1.807) is 0 Å². The second-order valence-electron chi connectivity index (χ2n) is 5.79. The van der Waals surface area contributed by atoms with Crippen molar-refractivity contribution in [1.82, 2.24) is 15.1 Å². The molecule has 2 atom stereocenters. The SMILES string of the molecule is CCC1CCNC(C(=O)N2CCCN(C)CC2)C1. The maximum Gasteiger partial charge on any atom is 0.239 e. The van der Waals surface area contributed by atoms with Crippen LogP contribution < -0.4 is 5.32 Å². The predicted molar refractivity (Wildman–Crippen MR) is 73.5 cm³/mol. The van der Waals surface area contributed by atoms with E-state index in [0.717, 1.165) is 51.5 Å². The Bertz CT molecular complexity index is 278. The average Bonchev–Trinajstić information content (AvgIpc) is 2.63. The molecule has 104 valence electrons. The molecule has 1 N–H and O–H groups in total. The zero-order valence-corrected chi connectivity index (χ0v) is 11.8. The van der Waals surface area contributed by atoms with Gasteiger partial charge in [0.25, 0.3) is 0 Å². The molecule has 2 aliphatic rings. The van der Waals surface area contributed by atoms with Gasteiger partial charge in [-0.15, -0.1) is 0 Å². The van der Waals surface area contributed by atoms with Crippen LogP contribution in [0.2, 0.25) is 0 Å². The number of hydrogen-bond acceptors (Lipinski definition) is 3. The first-order valence-electron chi connectivity index (χ1n) is 7.41. The summed E-state index contributed by atoms with van der Waals surface area (Å²) < 4.78 is 0. The quantitative estimate of drug-likeness (QED) is 0.795. The van der Waals surface area contributed by atoms with E-state index in [-0.39, 0.29) is 6.04 Å². The Morgan fingerprint density at radius 1 is 1.28 bits per heavy atom. The highest BCUT2D eigenvalue weighted by Gasteiger charge is 2.29. The molecule has 0 radical (unpaired) electrons. The van der Waals surface area contributed by atoms with Crippen LogP contribution in [-0.2, 0) is 4.79 Å². The number of nitrogens with zero attached hydrogens (tertiary/aromatic N) is 2. The first-order valence-corrected chi connectivity index (χ1v) is 7.41. The summed E-state index contributed by atoms with van der Waals surface area (Å²) >= 11 is 0. The number of carbonyl (C=O) groups is 1. The van der Waals surface area contributed by atoms with Gasteiger partial charge in [-0.3, -0.25) is 4.79 Å². The summed E-state index contributed by atoms with van der Waals surface area (Å²) in [6.45, 7) is 7.18. The second-order valence-corrected chi connectivity index (χ2v) is 5.79. The molecule has 0 bridgehead atoms. The van der Waals surface area contributed by atoms with Crippen LogP contribution >= 0.6 is 0 Å². The summed E-state index contributed by atoms with van der Waals surface area (Å²) in [6.07, 6.45) is 4.56.